The summed E-state index contributed by atoms with van der Waals surface area (Å²) in [7, 11) is -3.59. The number of halogens is 2. The van der Waals surface area contributed by atoms with Gasteiger partial charge in [0, 0.05) is 12.6 Å². The van der Waals surface area contributed by atoms with Gasteiger partial charge in [0.15, 0.2) is 0 Å². The fourth-order valence-electron chi connectivity index (χ4n) is 3.65. The molecule has 2 atom stereocenters. The zero-order chi connectivity index (χ0) is 15.0. The summed E-state index contributed by atoms with van der Waals surface area (Å²) in [6, 6.07) is 3.75. The number of sulfonamides is 1. The second-order valence-electron chi connectivity index (χ2n) is 5.95. The third-order valence-electron chi connectivity index (χ3n) is 4.69. The molecule has 0 spiro atoms. The fourth-order valence-corrected chi connectivity index (χ4v) is 5.68. The van der Waals surface area contributed by atoms with Crippen molar-refractivity contribution in [3.8, 4) is 0 Å². The van der Waals surface area contributed by atoms with E-state index in [4.69, 9.17) is 11.6 Å². The first-order valence-corrected chi connectivity index (χ1v) is 9.29. The van der Waals surface area contributed by atoms with Gasteiger partial charge in [-0.05, 0) is 49.8 Å². The normalized spacial score (nSPS) is 27.3. The van der Waals surface area contributed by atoms with Gasteiger partial charge in [-0.1, -0.05) is 24.4 Å². The molecule has 3 rings (SSSR count). The number of hydrogen-bond acceptors (Lipinski definition) is 2. The fraction of sp³-hybridized carbons (Fsp3) is 0.600. The summed E-state index contributed by atoms with van der Waals surface area (Å²) in [5.74, 6) is -0.122. The largest absolute Gasteiger partial charge is 0.243 e. The lowest BCUT2D eigenvalue weighted by atomic mass is 9.79. The summed E-state index contributed by atoms with van der Waals surface area (Å²) >= 11 is 5.74. The Bertz CT molecular complexity index is 633. The van der Waals surface area contributed by atoms with Crippen LogP contribution in [0, 0.1) is 11.7 Å². The molecule has 1 aliphatic carbocycles. The molecule has 0 amide bonds. The SMILES string of the molecule is O=S(=O)(c1ccc(F)c(Cl)c1)N1CCC[C@H]2CCCC[C@@H]21. The van der Waals surface area contributed by atoms with Crippen molar-refractivity contribution >= 4 is 21.6 Å². The monoisotopic (exact) mass is 331 g/mol. The molecule has 6 heteroatoms. The number of fused-ring (bicyclic) bond motifs is 1. The number of rotatable bonds is 2. The summed E-state index contributed by atoms with van der Waals surface area (Å²) in [5.41, 5.74) is 0. The molecular weight excluding hydrogens is 313 g/mol. The average molecular weight is 332 g/mol. The molecule has 116 valence electrons. The Hall–Kier alpha value is -0.650. The minimum absolute atomic E-state index is 0.0973. The molecule has 2 fully saturated rings. The Morgan fingerprint density at radius 1 is 1.14 bits per heavy atom. The van der Waals surface area contributed by atoms with Crippen LogP contribution in [0.5, 0.6) is 0 Å². The minimum Gasteiger partial charge on any atom is -0.207 e. The van der Waals surface area contributed by atoms with Crippen molar-refractivity contribution in [3.63, 3.8) is 0 Å². The van der Waals surface area contributed by atoms with Gasteiger partial charge in [0.25, 0.3) is 0 Å². The van der Waals surface area contributed by atoms with E-state index in [9.17, 15) is 12.8 Å². The van der Waals surface area contributed by atoms with Gasteiger partial charge in [-0.2, -0.15) is 4.31 Å². The molecule has 1 aromatic rings. The number of nitrogens with zero attached hydrogens (tertiary/aromatic N) is 1. The molecule has 1 heterocycles. The smallest absolute Gasteiger partial charge is 0.207 e. The van der Waals surface area contributed by atoms with Gasteiger partial charge < -0.3 is 0 Å². The van der Waals surface area contributed by atoms with Crippen LogP contribution in [0.2, 0.25) is 5.02 Å². The Labute approximate surface area is 130 Å². The lowest BCUT2D eigenvalue weighted by molar-refractivity contribution is 0.129. The number of benzene rings is 1. The minimum atomic E-state index is -3.59. The molecule has 1 aliphatic heterocycles. The second-order valence-corrected chi connectivity index (χ2v) is 8.24. The van der Waals surface area contributed by atoms with E-state index in [2.05, 4.69) is 0 Å². The summed E-state index contributed by atoms with van der Waals surface area (Å²) < 4.78 is 40.6. The predicted octanol–water partition coefficient (Wildman–Crippen LogP) is 3.82. The van der Waals surface area contributed by atoms with Gasteiger partial charge in [0.1, 0.15) is 5.82 Å². The van der Waals surface area contributed by atoms with Crippen LogP contribution in [0.25, 0.3) is 0 Å². The molecule has 0 radical (unpaired) electrons. The molecule has 1 saturated carbocycles. The molecule has 0 N–H and O–H groups in total. The number of hydrogen-bond donors (Lipinski definition) is 0. The predicted molar refractivity (Wildman–Crippen MR) is 80.3 cm³/mol. The summed E-state index contributed by atoms with van der Waals surface area (Å²) in [6.45, 7) is 0.554. The van der Waals surface area contributed by atoms with Crippen molar-refractivity contribution in [1.29, 1.82) is 0 Å². The van der Waals surface area contributed by atoms with E-state index in [0.29, 0.717) is 12.5 Å². The molecule has 1 saturated heterocycles. The van der Waals surface area contributed by atoms with E-state index in [-0.39, 0.29) is 16.0 Å². The Morgan fingerprint density at radius 2 is 1.86 bits per heavy atom. The topological polar surface area (TPSA) is 37.4 Å². The highest BCUT2D eigenvalue weighted by Gasteiger charge is 2.39. The van der Waals surface area contributed by atoms with Crippen LogP contribution in [0.15, 0.2) is 23.1 Å². The average Bonchev–Trinajstić information content (AvgIpc) is 2.49. The van der Waals surface area contributed by atoms with E-state index >= 15 is 0 Å². The molecule has 0 aromatic heterocycles. The maximum absolute atomic E-state index is 13.3. The highest BCUT2D eigenvalue weighted by atomic mass is 35.5. The van der Waals surface area contributed by atoms with Crippen molar-refractivity contribution in [2.24, 2.45) is 5.92 Å². The molecule has 21 heavy (non-hydrogen) atoms. The highest BCUT2D eigenvalue weighted by Crippen LogP contribution is 2.38. The van der Waals surface area contributed by atoms with Crippen molar-refractivity contribution in [3.05, 3.63) is 29.0 Å². The van der Waals surface area contributed by atoms with Gasteiger partial charge in [-0.25, -0.2) is 12.8 Å². The van der Waals surface area contributed by atoms with Crippen LogP contribution in [0.3, 0.4) is 0 Å². The lowest BCUT2D eigenvalue weighted by Gasteiger charge is -2.43. The maximum atomic E-state index is 13.3. The van der Waals surface area contributed by atoms with Crippen LogP contribution < -0.4 is 0 Å². The molecule has 0 bridgehead atoms. The van der Waals surface area contributed by atoms with E-state index < -0.39 is 15.8 Å². The summed E-state index contributed by atoms with van der Waals surface area (Å²) in [6.07, 6.45) is 6.32. The first-order valence-electron chi connectivity index (χ1n) is 7.47. The lowest BCUT2D eigenvalue weighted by Crippen LogP contribution is -2.49. The van der Waals surface area contributed by atoms with Crippen LogP contribution in [-0.4, -0.2) is 25.3 Å². The first kappa shape index (κ1) is 15.3. The zero-order valence-electron chi connectivity index (χ0n) is 11.8. The third kappa shape index (κ3) is 2.83. The Morgan fingerprint density at radius 3 is 2.62 bits per heavy atom. The second kappa shape index (κ2) is 5.86. The molecule has 2 aliphatic rings. The van der Waals surface area contributed by atoms with Crippen molar-refractivity contribution in [2.45, 2.75) is 49.5 Å². The molecular formula is C15H19ClFNO2S. The van der Waals surface area contributed by atoms with Crippen molar-refractivity contribution in [1.82, 2.24) is 4.31 Å². The van der Waals surface area contributed by atoms with Gasteiger partial charge in [-0.15, -0.1) is 0 Å². The van der Waals surface area contributed by atoms with Crippen molar-refractivity contribution < 1.29 is 12.8 Å². The zero-order valence-corrected chi connectivity index (χ0v) is 13.3. The van der Waals surface area contributed by atoms with Crippen LogP contribution in [0.4, 0.5) is 4.39 Å². The van der Waals surface area contributed by atoms with Crippen LogP contribution in [0.1, 0.15) is 38.5 Å². The Kier molecular flexibility index (Phi) is 4.26. The summed E-state index contributed by atoms with van der Waals surface area (Å²) in [4.78, 5) is 0.0973. The molecule has 0 unspecified atom stereocenters. The van der Waals surface area contributed by atoms with Crippen LogP contribution >= 0.6 is 11.6 Å². The van der Waals surface area contributed by atoms with Gasteiger partial charge in [0.05, 0.1) is 9.92 Å². The van der Waals surface area contributed by atoms with E-state index in [1.165, 1.54) is 18.6 Å². The standard InChI is InChI=1S/C15H19ClFNO2S/c16-13-10-12(7-8-14(13)17)21(19,20)18-9-3-5-11-4-1-2-6-15(11)18/h7-8,10-11,15H,1-6,9H2/t11-,15+/m1/s1. The first-order chi connectivity index (χ1) is 10.00. The quantitative estimate of drug-likeness (QED) is 0.826. The number of piperidine rings is 1. The van der Waals surface area contributed by atoms with E-state index in [1.807, 2.05) is 0 Å². The third-order valence-corrected chi connectivity index (χ3v) is 6.90. The van der Waals surface area contributed by atoms with Gasteiger partial charge >= 0.3 is 0 Å². The van der Waals surface area contributed by atoms with Crippen molar-refractivity contribution in [2.75, 3.05) is 6.54 Å². The van der Waals surface area contributed by atoms with Gasteiger partial charge in [-0.3, -0.25) is 0 Å². The Balaban J connectivity index is 1.94. The van der Waals surface area contributed by atoms with E-state index in [0.717, 1.165) is 38.2 Å². The van der Waals surface area contributed by atoms with Crippen LogP contribution in [-0.2, 0) is 10.0 Å². The summed E-state index contributed by atoms with van der Waals surface area (Å²) in [5, 5.41) is -0.145. The van der Waals surface area contributed by atoms with Gasteiger partial charge in [0.2, 0.25) is 10.0 Å². The maximum Gasteiger partial charge on any atom is 0.243 e. The van der Waals surface area contributed by atoms with E-state index in [1.54, 1.807) is 4.31 Å². The molecule has 3 nitrogen and oxygen atoms in total. The highest BCUT2D eigenvalue weighted by molar-refractivity contribution is 7.89. The molecule has 1 aromatic carbocycles.